The fourth-order valence-corrected chi connectivity index (χ4v) is 3.40. The number of aliphatic hydroxyl groups is 1. The van der Waals surface area contributed by atoms with Crippen LogP contribution in [0.3, 0.4) is 0 Å². The van der Waals surface area contributed by atoms with E-state index in [2.05, 4.69) is 36.9 Å². The Bertz CT molecular complexity index is 748. The van der Waals surface area contributed by atoms with E-state index in [0.717, 1.165) is 31.3 Å². The highest BCUT2D eigenvalue weighted by atomic mass is 32.2. The van der Waals surface area contributed by atoms with Gasteiger partial charge in [-0.2, -0.15) is 5.26 Å². The molecule has 1 fully saturated rings. The average Bonchev–Trinajstić information content (AvgIpc) is 2.67. The molecule has 1 saturated heterocycles. The first-order chi connectivity index (χ1) is 12.2. The van der Waals surface area contributed by atoms with Crippen LogP contribution in [0.5, 0.6) is 0 Å². The monoisotopic (exact) mass is 356 g/mol. The third kappa shape index (κ3) is 4.39. The fraction of sp³-hybridized carbons (Fsp3) is 0.353. The van der Waals surface area contributed by atoms with E-state index in [1.165, 1.54) is 12.1 Å². The topological polar surface area (TPSA) is 88.3 Å². The lowest BCUT2D eigenvalue weighted by atomic mass is 10.2. The van der Waals surface area contributed by atoms with E-state index in [-0.39, 0.29) is 6.61 Å². The Morgan fingerprint density at radius 2 is 2.24 bits per heavy atom. The number of anilines is 2. The summed E-state index contributed by atoms with van der Waals surface area (Å²) < 4.78 is 5.51. The maximum absolute atomic E-state index is 9.15. The molecule has 0 aromatic carbocycles. The van der Waals surface area contributed by atoms with E-state index in [1.54, 1.807) is 18.3 Å². The number of pyridine rings is 2. The third-order valence-corrected chi connectivity index (χ3v) is 5.08. The summed E-state index contributed by atoms with van der Waals surface area (Å²) in [5.41, 5.74) is 1.23. The van der Waals surface area contributed by atoms with Crippen molar-refractivity contribution in [2.45, 2.75) is 19.6 Å². The van der Waals surface area contributed by atoms with Crippen molar-refractivity contribution in [2.24, 2.45) is 0 Å². The van der Waals surface area contributed by atoms with Crippen molar-refractivity contribution in [1.29, 1.82) is 5.26 Å². The van der Waals surface area contributed by atoms with Gasteiger partial charge in [0.2, 0.25) is 0 Å². The van der Waals surface area contributed by atoms with Crippen LogP contribution in [0.25, 0.3) is 0 Å². The van der Waals surface area contributed by atoms with Gasteiger partial charge in [0.05, 0.1) is 17.9 Å². The average molecular weight is 356 g/mol. The zero-order chi connectivity index (χ0) is 17.6. The van der Waals surface area contributed by atoms with E-state index in [9.17, 15) is 0 Å². The zero-order valence-corrected chi connectivity index (χ0v) is 14.8. The van der Waals surface area contributed by atoms with E-state index in [1.807, 2.05) is 18.2 Å². The second kappa shape index (κ2) is 8.16. The first-order valence-corrected chi connectivity index (χ1v) is 8.84. The first kappa shape index (κ1) is 17.5. The molecule has 0 bridgehead atoms. The Hall–Kier alpha value is -2.34. The van der Waals surface area contributed by atoms with E-state index < -0.39 is 0 Å². The largest absolute Gasteiger partial charge is 0.390 e. The Kier molecular flexibility index (Phi) is 5.71. The number of aromatic nitrogens is 2. The van der Waals surface area contributed by atoms with Crippen LogP contribution in [-0.4, -0.2) is 45.1 Å². The molecule has 3 heterocycles. The molecule has 2 aromatic heterocycles. The highest BCUT2D eigenvalue weighted by Crippen LogP contribution is 2.23. The second-order valence-corrected chi connectivity index (χ2v) is 6.67. The van der Waals surface area contributed by atoms with Gasteiger partial charge in [0.1, 0.15) is 17.7 Å². The molecule has 1 unspecified atom stereocenters. The molecule has 2 N–H and O–H groups in total. The molecule has 8 heteroatoms. The van der Waals surface area contributed by atoms with Gasteiger partial charge in [-0.05, 0) is 31.2 Å². The molecule has 7 nitrogen and oxygen atoms in total. The predicted octanol–water partition coefficient (Wildman–Crippen LogP) is 2.03. The van der Waals surface area contributed by atoms with E-state index in [4.69, 9.17) is 10.4 Å². The van der Waals surface area contributed by atoms with Crippen molar-refractivity contribution in [3.8, 4) is 6.07 Å². The van der Waals surface area contributed by atoms with Crippen molar-refractivity contribution in [1.82, 2.24) is 14.3 Å². The van der Waals surface area contributed by atoms with Crippen molar-refractivity contribution in [3.63, 3.8) is 0 Å². The molecule has 0 aliphatic carbocycles. The number of nitrogens with zero attached hydrogens (tertiary/aromatic N) is 5. The number of rotatable bonds is 5. The summed E-state index contributed by atoms with van der Waals surface area (Å²) in [6.45, 7) is 4.70. The number of piperazine rings is 1. The lowest BCUT2D eigenvalue weighted by Crippen LogP contribution is -2.49. The number of aliphatic hydroxyl groups excluding tert-OH is 1. The van der Waals surface area contributed by atoms with Crippen LogP contribution in [0.4, 0.5) is 11.6 Å². The van der Waals surface area contributed by atoms with Crippen molar-refractivity contribution in [3.05, 3.63) is 47.8 Å². The first-order valence-electron chi connectivity index (χ1n) is 8.07. The highest BCUT2D eigenvalue weighted by molar-refractivity contribution is 7.98. The Morgan fingerprint density at radius 3 is 2.92 bits per heavy atom. The van der Waals surface area contributed by atoms with Crippen LogP contribution in [0, 0.1) is 11.3 Å². The summed E-state index contributed by atoms with van der Waals surface area (Å²) in [7, 11) is 0. The summed E-state index contributed by atoms with van der Waals surface area (Å²) in [5, 5.41) is 18.0. The van der Waals surface area contributed by atoms with Crippen LogP contribution in [-0.2, 0) is 6.61 Å². The van der Waals surface area contributed by atoms with Gasteiger partial charge < -0.3 is 14.7 Å². The number of nitrogens with one attached hydrogen (secondary N) is 1. The minimum absolute atomic E-state index is 0.0626. The smallest absolute Gasteiger partial charge is 0.137 e. The quantitative estimate of drug-likeness (QED) is 0.787. The van der Waals surface area contributed by atoms with Gasteiger partial charge in [-0.25, -0.2) is 14.3 Å². The van der Waals surface area contributed by atoms with Crippen LogP contribution < -0.4 is 9.62 Å². The molecular weight excluding hydrogens is 336 g/mol. The molecule has 1 aliphatic heterocycles. The minimum Gasteiger partial charge on any atom is -0.390 e. The zero-order valence-electron chi connectivity index (χ0n) is 14.0. The number of hydrogen-bond donors (Lipinski definition) is 2. The Labute approximate surface area is 151 Å². The standard InChI is InChI=1S/C17H20N6OS/c1-13-11-22(17-6-5-14(9-18)10-19-17)7-8-23(13)25-21-16-4-2-3-15(12-24)20-16/h2-6,10,13,24H,7-8,11-12H2,1H3,(H,20,21). The highest BCUT2D eigenvalue weighted by Gasteiger charge is 2.25. The van der Waals surface area contributed by atoms with E-state index in [0.29, 0.717) is 17.3 Å². The lowest BCUT2D eigenvalue weighted by Gasteiger charge is -2.39. The molecule has 1 atom stereocenters. The Balaban J connectivity index is 1.55. The number of hydrogen-bond acceptors (Lipinski definition) is 8. The fourth-order valence-electron chi connectivity index (χ4n) is 2.65. The molecule has 0 saturated carbocycles. The number of nitriles is 1. The van der Waals surface area contributed by atoms with Crippen molar-refractivity contribution in [2.75, 3.05) is 29.3 Å². The van der Waals surface area contributed by atoms with Gasteiger partial charge in [0.25, 0.3) is 0 Å². The van der Waals surface area contributed by atoms with Crippen molar-refractivity contribution >= 4 is 23.8 Å². The summed E-state index contributed by atoms with van der Waals surface area (Å²) >= 11 is 1.53. The summed E-state index contributed by atoms with van der Waals surface area (Å²) in [4.78, 5) is 10.9. The molecule has 1 aliphatic rings. The molecule has 0 amide bonds. The SMILES string of the molecule is CC1CN(c2ccc(C#N)cn2)CCN1SNc1cccc(CO)n1. The third-order valence-electron chi connectivity index (χ3n) is 4.00. The van der Waals surface area contributed by atoms with Crippen LogP contribution in [0.1, 0.15) is 18.2 Å². The van der Waals surface area contributed by atoms with Gasteiger partial charge in [0.15, 0.2) is 0 Å². The molecule has 0 spiro atoms. The van der Waals surface area contributed by atoms with Crippen molar-refractivity contribution < 1.29 is 5.11 Å². The summed E-state index contributed by atoms with van der Waals surface area (Å²) in [6, 6.07) is 11.7. The predicted molar refractivity (Wildman–Crippen MR) is 98.7 cm³/mol. The molecular formula is C17H20N6OS. The second-order valence-electron chi connectivity index (χ2n) is 5.82. The lowest BCUT2D eigenvalue weighted by molar-refractivity contribution is 0.277. The molecule has 3 rings (SSSR count). The minimum atomic E-state index is -0.0626. The van der Waals surface area contributed by atoms with Gasteiger partial charge >= 0.3 is 0 Å². The maximum atomic E-state index is 9.15. The summed E-state index contributed by atoms with van der Waals surface area (Å²) in [5.74, 6) is 1.64. The normalized spacial score (nSPS) is 18.0. The van der Waals surface area contributed by atoms with Crippen LogP contribution in [0.15, 0.2) is 36.5 Å². The Morgan fingerprint density at radius 1 is 1.36 bits per heavy atom. The summed E-state index contributed by atoms with van der Waals surface area (Å²) in [6.07, 6.45) is 1.61. The van der Waals surface area contributed by atoms with Gasteiger partial charge in [-0.1, -0.05) is 6.07 Å². The molecule has 0 radical (unpaired) electrons. The molecule has 130 valence electrons. The van der Waals surface area contributed by atoms with Gasteiger partial charge in [-0.3, -0.25) is 0 Å². The van der Waals surface area contributed by atoms with Gasteiger partial charge in [0, 0.05) is 44.0 Å². The van der Waals surface area contributed by atoms with Gasteiger partial charge in [-0.15, -0.1) is 0 Å². The molecule has 25 heavy (non-hydrogen) atoms. The van der Waals surface area contributed by atoms with Crippen LogP contribution >= 0.6 is 12.1 Å². The van der Waals surface area contributed by atoms with Crippen LogP contribution in [0.2, 0.25) is 0 Å². The molecule has 2 aromatic rings. The van der Waals surface area contributed by atoms with E-state index >= 15 is 0 Å². The maximum Gasteiger partial charge on any atom is 0.137 e.